The molecule has 0 spiro atoms. The molecule has 5 nitrogen and oxygen atoms in total. The van der Waals surface area contributed by atoms with E-state index in [9.17, 15) is 9.59 Å². The predicted molar refractivity (Wildman–Crippen MR) is 68.4 cm³/mol. The first-order valence-electron chi connectivity index (χ1n) is 6.10. The van der Waals surface area contributed by atoms with E-state index >= 15 is 0 Å². The van der Waals surface area contributed by atoms with Crippen molar-refractivity contribution in [1.29, 1.82) is 0 Å². The highest BCUT2D eigenvalue weighted by molar-refractivity contribution is 5.94. The van der Waals surface area contributed by atoms with Gasteiger partial charge in [0.1, 0.15) is 6.61 Å². The normalized spacial score (nSPS) is 19.3. The zero-order valence-electron chi connectivity index (χ0n) is 11.1. The molecule has 1 atom stereocenters. The van der Waals surface area contributed by atoms with Crippen molar-refractivity contribution in [3.05, 3.63) is 22.9 Å². The van der Waals surface area contributed by atoms with Crippen LogP contribution < -0.4 is 11.1 Å². The van der Waals surface area contributed by atoms with E-state index in [4.69, 9.17) is 10.5 Å². The second kappa shape index (κ2) is 6.35. The molecule has 0 aromatic heterocycles. The number of allylic oxidation sites excluding steroid dienone is 3. The standard InChI is InChI=1S/C13H20N2O3/c1-4-9-6-10(12(14)17)13(15-11(9)5-2)18-7-8(3)16/h6,13,15H,4-5,7H2,1-3H3,(H2,14,17)/t13-/m0/s1. The van der Waals surface area contributed by atoms with Crippen LogP contribution in [0.5, 0.6) is 0 Å². The summed E-state index contributed by atoms with van der Waals surface area (Å²) in [4.78, 5) is 22.3. The van der Waals surface area contributed by atoms with Crippen LogP contribution in [-0.2, 0) is 14.3 Å². The molecule has 18 heavy (non-hydrogen) atoms. The summed E-state index contributed by atoms with van der Waals surface area (Å²) in [7, 11) is 0. The van der Waals surface area contributed by atoms with Crippen molar-refractivity contribution in [3.63, 3.8) is 0 Å². The number of ether oxygens (including phenoxy) is 1. The third kappa shape index (κ3) is 3.43. The van der Waals surface area contributed by atoms with Gasteiger partial charge in [-0.25, -0.2) is 0 Å². The number of hydrogen-bond donors (Lipinski definition) is 2. The number of carbonyl (C=O) groups excluding carboxylic acids is 2. The van der Waals surface area contributed by atoms with Crippen LogP contribution in [0.2, 0.25) is 0 Å². The first-order chi connectivity index (χ1) is 8.49. The molecule has 0 saturated carbocycles. The predicted octanol–water partition coefficient (Wildman–Crippen LogP) is 1.01. The lowest BCUT2D eigenvalue weighted by Gasteiger charge is -2.28. The van der Waals surface area contributed by atoms with E-state index in [1.165, 1.54) is 6.92 Å². The van der Waals surface area contributed by atoms with Crippen molar-refractivity contribution in [3.8, 4) is 0 Å². The zero-order chi connectivity index (χ0) is 13.7. The largest absolute Gasteiger partial charge is 0.366 e. The highest BCUT2D eigenvalue weighted by Crippen LogP contribution is 2.22. The minimum atomic E-state index is -0.628. The van der Waals surface area contributed by atoms with Crippen molar-refractivity contribution in [2.24, 2.45) is 5.73 Å². The second-order valence-electron chi connectivity index (χ2n) is 4.21. The topological polar surface area (TPSA) is 81.4 Å². The maximum Gasteiger partial charge on any atom is 0.249 e. The Morgan fingerprint density at radius 1 is 1.39 bits per heavy atom. The molecule has 0 unspecified atom stereocenters. The molecule has 3 N–H and O–H groups in total. The molecule has 0 aliphatic carbocycles. The Bertz CT molecular complexity index is 410. The number of carbonyl (C=O) groups is 2. The lowest BCUT2D eigenvalue weighted by atomic mass is 9.99. The number of nitrogens with two attached hydrogens (primary N) is 1. The van der Waals surface area contributed by atoms with Gasteiger partial charge < -0.3 is 15.8 Å². The Morgan fingerprint density at radius 2 is 2.06 bits per heavy atom. The average Bonchev–Trinajstić information content (AvgIpc) is 2.34. The molecule has 0 aromatic rings. The van der Waals surface area contributed by atoms with E-state index in [1.807, 2.05) is 13.8 Å². The molecule has 0 saturated heterocycles. The molecule has 1 amide bonds. The quantitative estimate of drug-likeness (QED) is 0.739. The number of ketones is 1. The molecule has 0 radical (unpaired) electrons. The zero-order valence-corrected chi connectivity index (χ0v) is 11.1. The minimum absolute atomic E-state index is 0.0409. The van der Waals surface area contributed by atoms with E-state index in [-0.39, 0.29) is 12.4 Å². The van der Waals surface area contributed by atoms with Crippen LogP contribution in [0.1, 0.15) is 33.6 Å². The van der Waals surface area contributed by atoms with Crippen LogP contribution >= 0.6 is 0 Å². The fourth-order valence-electron chi connectivity index (χ4n) is 1.86. The Balaban J connectivity index is 2.94. The summed E-state index contributed by atoms with van der Waals surface area (Å²) in [5, 5.41) is 3.13. The summed E-state index contributed by atoms with van der Waals surface area (Å²) in [5.41, 5.74) is 7.77. The summed E-state index contributed by atoms with van der Waals surface area (Å²) in [6.07, 6.45) is 2.76. The van der Waals surface area contributed by atoms with Crippen LogP contribution in [0.4, 0.5) is 0 Å². The van der Waals surface area contributed by atoms with Gasteiger partial charge in [-0.3, -0.25) is 9.59 Å². The number of rotatable bonds is 6. The number of Topliss-reactive ketones (excluding diaryl/α,β-unsaturated/α-hetero) is 1. The van der Waals surface area contributed by atoms with E-state index in [0.29, 0.717) is 5.57 Å². The molecule has 100 valence electrons. The van der Waals surface area contributed by atoms with E-state index in [2.05, 4.69) is 5.32 Å². The van der Waals surface area contributed by atoms with Crippen molar-refractivity contribution in [2.45, 2.75) is 39.8 Å². The molecule has 0 bridgehead atoms. The molecule has 0 fully saturated rings. The summed E-state index contributed by atoms with van der Waals surface area (Å²) in [6, 6.07) is 0. The van der Waals surface area contributed by atoms with E-state index < -0.39 is 12.1 Å². The molecule has 1 aliphatic rings. The molecule has 1 heterocycles. The second-order valence-corrected chi connectivity index (χ2v) is 4.21. The third-order valence-electron chi connectivity index (χ3n) is 2.78. The molecule has 1 aliphatic heterocycles. The lowest BCUT2D eigenvalue weighted by molar-refractivity contribution is -0.125. The molecule has 5 heteroatoms. The molecule has 1 rings (SSSR count). The van der Waals surface area contributed by atoms with Gasteiger partial charge in [-0.2, -0.15) is 0 Å². The van der Waals surface area contributed by atoms with Crippen molar-refractivity contribution >= 4 is 11.7 Å². The first-order valence-corrected chi connectivity index (χ1v) is 6.10. The molecular weight excluding hydrogens is 232 g/mol. The Kier molecular flexibility index (Phi) is 5.09. The van der Waals surface area contributed by atoms with Crippen LogP contribution in [0.15, 0.2) is 22.9 Å². The van der Waals surface area contributed by atoms with Gasteiger partial charge in [0.05, 0.1) is 5.57 Å². The SMILES string of the molecule is CCC1=C(CC)N[C@@H](OCC(C)=O)C(C(N)=O)=C1. The Hall–Kier alpha value is -1.62. The van der Waals surface area contributed by atoms with Crippen LogP contribution in [0.25, 0.3) is 0 Å². The van der Waals surface area contributed by atoms with E-state index in [0.717, 1.165) is 24.1 Å². The number of primary amides is 1. The average molecular weight is 252 g/mol. The van der Waals surface area contributed by atoms with Gasteiger partial charge in [0.25, 0.3) is 0 Å². The number of dihydropyridines is 1. The molecular formula is C13H20N2O3. The smallest absolute Gasteiger partial charge is 0.249 e. The number of nitrogens with one attached hydrogen (secondary N) is 1. The molecule has 0 aromatic carbocycles. The minimum Gasteiger partial charge on any atom is -0.366 e. The van der Waals surface area contributed by atoms with Crippen molar-refractivity contribution in [2.75, 3.05) is 6.61 Å². The van der Waals surface area contributed by atoms with Crippen LogP contribution in [0.3, 0.4) is 0 Å². The monoisotopic (exact) mass is 252 g/mol. The third-order valence-corrected chi connectivity index (χ3v) is 2.78. The van der Waals surface area contributed by atoms with Crippen LogP contribution in [0, 0.1) is 0 Å². The van der Waals surface area contributed by atoms with Gasteiger partial charge >= 0.3 is 0 Å². The van der Waals surface area contributed by atoms with Crippen molar-refractivity contribution < 1.29 is 14.3 Å². The first kappa shape index (κ1) is 14.4. The van der Waals surface area contributed by atoms with E-state index in [1.54, 1.807) is 6.08 Å². The number of hydrogen-bond acceptors (Lipinski definition) is 4. The summed E-state index contributed by atoms with van der Waals surface area (Å²) in [6.45, 7) is 5.42. The lowest BCUT2D eigenvalue weighted by Crippen LogP contribution is -2.41. The van der Waals surface area contributed by atoms with Crippen LogP contribution in [-0.4, -0.2) is 24.5 Å². The van der Waals surface area contributed by atoms with Gasteiger partial charge in [-0.1, -0.05) is 13.8 Å². The van der Waals surface area contributed by atoms with Gasteiger partial charge in [0.15, 0.2) is 12.0 Å². The van der Waals surface area contributed by atoms with Crippen molar-refractivity contribution in [1.82, 2.24) is 5.32 Å². The summed E-state index contributed by atoms with van der Waals surface area (Å²) < 4.78 is 5.38. The van der Waals surface area contributed by atoms with Gasteiger partial charge in [0, 0.05) is 5.70 Å². The van der Waals surface area contributed by atoms with Gasteiger partial charge in [-0.05, 0) is 31.4 Å². The number of amides is 1. The summed E-state index contributed by atoms with van der Waals surface area (Å²) >= 11 is 0. The summed E-state index contributed by atoms with van der Waals surface area (Å²) in [5.74, 6) is -0.624. The maximum atomic E-state index is 11.4. The van der Waals surface area contributed by atoms with Gasteiger partial charge in [-0.15, -0.1) is 0 Å². The van der Waals surface area contributed by atoms with Gasteiger partial charge in [0.2, 0.25) is 5.91 Å². The highest BCUT2D eigenvalue weighted by atomic mass is 16.5. The maximum absolute atomic E-state index is 11.4. The fraction of sp³-hybridized carbons (Fsp3) is 0.538. The Labute approximate surface area is 107 Å². The Morgan fingerprint density at radius 3 is 2.50 bits per heavy atom. The highest BCUT2D eigenvalue weighted by Gasteiger charge is 2.25. The fourth-order valence-corrected chi connectivity index (χ4v) is 1.86.